The van der Waals surface area contributed by atoms with Gasteiger partial charge in [0.15, 0.2) is 0 Å². The largest absolute Gasteiger partial charge is 0.310 e. The van der Waals surface area contributed by atoms with Crippen molar-refractivity contribution in [1.82, 2.24) is 5.32 Å². The van der Waals surface area contributed by atoms with Crippen LogP contribution in [0.2, 0.25) is 5.02 Å². The number of halogens is 2. The predicted octanol–water partition coefficient (Wildman–Crippen LogP) is 3.14. The van der Waals surface area contributed by atoms with Crippen molar-refractivity contribution in [2.24, 2.45) is 0 Å². The van der Waals surface area contributed by atoms with Gasteiger partial charge in [-0.05, 0) is 36.7 Å². The molecular formula is C9H9BrClN. The molecule has 64 valence electrons. The van der Waals surface area contributed by atoms with E-state index in [1.165, 1.54) is 12.0 Å². The Kier molecular flexibility index (Phi) is 2.40. The number of benzene rings is 1. The van der Waals surface area contributed by atoms with Gasteiger partial charge in [0.05, 0.1) is 0 Å². The second-order valence-corrected chi connectivity index (χ2v) is 4.28. The highest BCUT2D eigenvalue weighted by molar-refractivity contribution is 9.10. The molecule has 0 saturated carbocycles. The normalized spacial score (nSPS) is 22.0. The van der Waals surface area contributed by atoms with Crippen LogP contribution in [0.3, 0.4) is 0 Å². The van der Waals surface area contributed by atoms with Crippen LogP contribution in [0.5, 0.6) is 0 Å². The topological polar surface area (TPSA) is 12.0 Å². The summed E-state index contributed by atoms with van der Waals surface area (Å²) in [4.78, 5) is 0. The van der Waals surface area contributed by atoms with Crippen LogP contribution in [0.25, 0.3) is 0 Å². The molecule has 1 aliphatic rings. The van der Waals surface area contributed by atoms with Gasteiger partial charge in [-0.1, -0.05) is 27.5 Å². The molecule has 0 aliphatic carbocycles. The van der Waals surface area contributed by atoms with Gasteiger partial charge >= 0.3 is 0 Å². The van der Waals surface area contributed by atoms with Gasteiger partial charge in [0, 0.05) is 15.5 Å². The minimum Gasteiger partial charge on any atom is -0.310 e. The molecule has 1 aromatic rings. The average molecular weight is 247 g/mol. The van der Waals surface area contributed by atoms with Gasteiger partial charge in [0.1, 0.15) is 0 Å². The van der Waals surface area contributed by atoms with Crippen LogP contribution in [0.4, 0.5) is 0 Å². The molecule has 1 saturated heterocycles. The van der Waals surface area contributed by atoms with Crippen LogP contribution in [0.15, 0.2) is 22.7 Å². The fourth-order valence-electron chi connectivity index (χ4n) is 1.34. The lowest BCUT2D eigenvalue weighted by molar-refractivity contribution is 0.383. The summed E-state index contributed by atoms with van der Waals surface area (Å²) in [6.07, 6.45) is 1.19. The van der Waals surface area contributed by atoms with E-state index in [2.05, 4.69) is 27.3 Å². The van der Waals surface area contributed by atoms with E-state index < -0.39 is 0 Å². The maximum atomic E-state index is 6.04. The fraction of sp³-hybridized carbons (Fsp3) is 0.333. The molecule has 0 radical (unpaired) electrons. The van der Waals surface area contributed by atoms with Crippen molar-refractivity contribution >= 4 is 27.5 Å². The smallest absolute Gasteiger partial charge is 0.0454 e. The van der Waals surface area contributed by atoms with Crippen molar-refractivity contribution in [2.45, 2.75) is 12.5 Å². The minimum atomic E-state index is 0.468. The van der Waals surface area contributed by atoms with Gasteiger partial charge in [-0.3, -0.25) is 0 Å². The van der Waals surface area contributed by atoms with E-state index >= 15 is 0 Å². The maximum Gasteiger partial charge on any atom is 0.0454 e. The van der Waals surface area contributed by atoms with Crippen LogP contribution in [0.1, 0.15) is 18.0 Å². The van der Waals surface area contributed by atoms with Gasteiger partial charge in [0.25, 0.3) is 0 Å². The van der Waals surface area contributed by atoms with Crippen molar-refractivity contribution in [3.8, 4) is 0 Å². The third-order valence-corrected chi connectivity index (χ3v) is 2.99. The Labute approximate surface area is 85.2 Å². The summed E-state index contributed by atoms with van der Waals surface area (Å²) in [5.41, 5.74) is 1.21. The molecule has 0 aromatic heterocycles. The van der Waals surface area contributed by atoms with E-state index in [-0.39, 0.29) is 0 Å². The highest BCUT2D eigenvalue weighted by Crippen LogP contribution is 2.31. The van der Waals surface area contributed by atoms with Crippen molar-refractivity contribution in [2.75, 3.05) is 6.54 Å². The monoisotopic (exact) mass is 245 g/mol. The van der Waals surface area contributed by atoms with Crippen molar-refractivity contribution in [1.29, 1.82) is 0 Å². The SMILES string of the molecule is Clc1ccc(Br)cc1[C@H]1CCN1. The van der Waals surface area contributed by atoms with Crippen molar-refractivity contribution < 1.29 is 0 Å². The Morgan fingerprint density at radius 2 is 2.25 bits per heavy atom. The van der Waals surface area contributed by atoms with Crippen LogP contribution >= 0.6 is 27.5 Å². The molecule has 3 heteroatoms. The summed E-state index contributed by atoms with van der Waals surface area (Å²) in [6, 6.07) is 6.44. The second kappa shape index (κ2) is 3.36. The molecule has 12 heavy (non-hydrogen) atoms. The van der Waals surface area contributed by atoms with E-state index in [1.54, 1.807) is 0 Å². The molecule has 1 aromatic carbocycles. The summed E-state index contributed by atoms with van der Waals surface area (Å²) < 4.78 is 1.09. The Morgan fingerprint density at radius 3 is 2.83 bits per heavy atom. The number of nitrogens with one attached hydrogen (secondary N) is 1. The summed E-state index contributed by atoms with van der Waals surface area (Å²) in [6.45, 7) is 1.10. The van der Waals surface area contributed by atoms with Crippen LogP contribution < -0.4 is 5.32 Å². The van der Waals surface area contributed by atoms with Crippen LogP contribution in [-0.4, -0.2) is 6.54 Å². The number of rotatable bonds is 1. The van der Waals surface area contributed by atoms with E-state index in [4.69, 9.17) is 11.6 Å². The van der Waals surface area contributed by atoms with E-state index in [1.807, 2.05) is 12.1 Å². The van der Waals surface area contributed by atoms with E-state index in [0.29, 0.717) is 6.04 Å². The quantitative estimate of drug-likeness (QED) is 0.803. The summed E-state index contributed by atoms with van der Waals surface area (Å²) in [7, 11) is 0. The Hall–Kier alpha value is -0.0500. The third kappa shape index (κ3) is 1.51. The molecule has 1 aliphatic heterocycles. The minimum absolute atomic E-state index is 0.468. The first-order valence-corrected chi connectivity index (χ1v) is 5.13. The first kappa shape index (κ1) is 8.54. The van der Waals surface area contributed by atoms with Crippen LogP contribution in [0, 0.1) is 0 Å². The van der Waals surface area contributed by atoms with Gasteiger partial charge in [-0.25, -0.2) is 0 Å². The first-order valence-electron chi connectivity index (χ1n) is 3.96. The highest BCUT2D eigenvalue weighted by Gasteiger charge is 2.20. The maximum absolute atomic E-state index is 6.04. The number of hydrogen-bond acceptors (Lipinski definition) is 1. The number of hydrogen-bond donors (Lipinski definition) is 1. The predicted molar refractivity (Wildman–Crippen MR) is 54.5 cm³/mol. The standard InChI is InChI=1S/C9H9BrClN/c10-6-1-2-8(11)7(5-6)9-3-4-12-9/h1-2,5,9,12H,3-4H2/t9-/m1/s1. The molecule has 0 bridgehead atoms. The Balaban J connectivity index is 2.34. The Bertz CT molecular complexity index is 297. The van der Waals surface area contributed by atoms with Crippen molar-refractivity contribution in [3.05, 3.63) is 33.3 Å². The molecule has 2 rings (SSSR count). The second-order valence-electron chi connectivity index (χ2n) is 2.96. The Morgan fingerprint density at radius 1 is 1.50 bits per heavy atom. The summed E-state index contributed by atoms with van der Waals surface area (Å²) in [5, 5.41) is 4.18. The molecule has 0 unspecified atom stereocenters. The van der Waals surface area contributed by atoms with Gasteiger partial charge in [0.2, 0.25) is 0 Å². The lowest BCUT2D eigenvalue weighted by atomic mass is 9.98. The van der Waals surface area contributed by atoms with Gasteiger partial charge in [-0.15, -0.1) is 0 Å². The zero-order valence-corrected chi connectivity index (χ0v) is 8.82. The zero-order valence-electron chi connectivity index (χ0n) is 6.48. The van der Waals surface area contributed by atoms with E-state index in [0.717, 1.165) is 16.0 Å². The van der Waals surface area contributed by atoms with Gasteiger partial charge in [-0.2, -0.15) is 0 Å². The summed E-state index contributed by atoms with van der Waals surface area (Å²) in [5.74, 6) is 0. The van der Waals surface area contributed by atoms with Crippen LogP contribution in [-0.2, 0) is 0 Å². The third-order valence-electron chi connectivity index (χ3n) is 2.16. The van der Waals surface area contributed by atoms with E-state index in [9.17, 15) is 0 Å². The highest BCUT2D eigenvalue weighted by atomic mass is 79.9. The molecule has 1 fully saturated rings. The lowest BCUT2D eigenvalue weighted by Gasteiger charge is -2.28. The molecule has 1 atom stereocenters. The lowest BCUT2D eigenvalue weighted by Crippen LogP contribution is -2.35. The molecule has 1 N–H and O–H groups in total. The first-order chi connectivity index (χ1) is 5.77. The molecule has 0 amide bonds. The molecular weight excluding hydrogens is 237 g/mol. The fourth-order valence-corrected chi connectivity index (χ4v) is 1.96. The average Bonchev–Trinajstić information content (AvgIpc) is 1.93. The molecule has 1 heterocycles. The molecule has 1 nitrogen and oxygen atoms in total. The zero-order chi connectivity index (χ0) is 8.55. The van der Waals surface area contributed by atoms with Crippen molar-refractivity contribution in [3.63, 3.8) is 0 Å². The molecule has 0 spiro atoms. The van der Waals surface area contributed by atoms with Gasteiger partial charge < -0.3 is 5.32 Å². The summed E-state index contributed by atoms with van der Waals surface area (Å²) >= 11 is 9.47.